The maximum atomic E-state index is 13.8. The lowest BCUT2D eigenvalue weighted by atomic mass is 9.97. The van der Waals surface area contributed by atoms with Gasteiger partial charge in [0.05, 0.1) is 21.0 Å². The molecule has 176 valence electrons. The van der Waals surface area contributed by atoms with Crippen LogP contribution in [0.5, 0.6) is 5.75 Å². The number of para-hydroxylation sites is 2. The van der Waals surface area contributed by atoms with Gasteiger partial charge in [-0.25, -0.2) is 9.37 Å². The number of ether oxygens (including phenoxy) is 1. The maximum Gasteiger partial charge on any atom is 0.277 e. The number of benzene rings is 2. The van der Waals surface area contributed by atoms with E-state index in [1.54, 1.807) is 30.4 Å². The predicted octanol–water partition coefficient (Wildman–Crippen LogP) is 5.46. The average molecular weight is 499 g/mol. The molecule has 5 rings (SSSR count). The van der Waals surface area contributed by atoms with Crippen LogP contribution in [0.3, 0.4) is 0 Å². The summed E-state index contributed by atoms with van der Waals surface area (Å²) in [5, 5.41) is 9.41. The Kier molecular flexibility index (Phi) is 6.77. The molecular formula is C24H23FN4O3S2. The molecule has 34 heavy (non-hydrogen) atoms. The molecule has 1 fully saturated rings. The first kappa shape index (κ1) is 22.8. The monoisotopic (exact) mass is 498 g/mol. The van der Waals surface area contributed by atoms with Gasteiger partial charge in [0.2, 0.25) is 5.91 Å². The normalized spacial score (nSPS) is 15.5. The summed E-state index contributed by atoms with van der Waals surface area (Å²) >= 11 is 2.95. The van der Waals surface area contributed by atoms with E-state index in [-0.39, 0.29) is 28.5 Å². The van der Waals surface area contributed by atoms with Crippen molar-refractivity contribution in [2.45, 2.75) is 37.0 Å². The van der Waals surface area contributed by atoms with E-state index in [1.165, 1.54) is 28.6 Å². The van der Waals surface area contributed by atoms with Crippen molar-refractivity contribution in [2.24, 2.45) is 0 Å². The van der Waals surface area contributed by atoms with E-state index in [2.05, 4.69) is 16.3 Å². The van der Waals surface area contributed by atoms with Gasteiger partial charge in [-0.05, 0) is 44.0 Å². The highest BCUT2D eigenvalue weighted by molar-refractivity contribution is 7.99. The standard InChI is InChI=1S/C24H23FN4O3S2/c1-15(31-19-8-4-2-6-17(19)25)22-27-28-24(32-22)33-14-21(30)29-12-10-16(11-13-29)23-26-18-7-3-5-9-20(18)34-23/h2-9,15-16H,10-14H2,1H3/t15-/m1/s1. The summed E-state index contributed by atoms with van der Waals surface area (Å²) in [7, 11) is 0. The fraction of sp³-hybridized carbons (Fsp3) is 0.333. The Bertz CT molecular complexity index is 1250. The lowest BCUT2D eigenvalue weighted by Gasteiger charge is -2.31. The lowest BCUT2D eigenvalue weighted by Crippen LogP contribution is -2.38. The van der Waals surface area contributed by atoms with E-state index < -0.39 is 11.9 Å². The van der Waals surface area contributed by atoms with Gasteiger partial charge in [-0.3, -0.25) is 4.79 Å². The molecule has 1 saturated heterocycles. The van der Waals surface area contributed by atoms with E-state index in [4.69, 9.17) is 14.1 Å². The SMILES string of the molecule is C[C@@H](Oc1ccccc1F)c1nnc(SCC(=O)N2CCC(c3nc4ccccc4s3)CC2)o1. The number of nitrogens with zero attached hydrogens (tertiary/aromatic N) is 4. The fourth-order valence-electron chi connectivity index (χ4n) is 3.88. The third kappa shape index (κ3) is 5.07. The van der Waals surface area contributed by atoms with Crippen molar-refractivity contribution in [1.82, 2.24) is 20.1 Å². The van der Waals surface area contributed by atoms with Crippen LogP contribution in [-0.4, -0.2) is 44.8 Å². The zero-order valence-corrected chi connectivity index (χ0v) is 20.2. The predicted molar refractivity (Wildman–Crippen MR) is 129 cm³/mol. The number of fused-ring (bicyclic) bond motifs is 1. The number of hydrogen-bond donors (Lipinski definition) is 0. The first-order valence-electron chi connectivity index (χ1n) is 11.1. The molecule has 0 spiro atoms. The Hall–Kier alpha value is -2.98. The van der Waals surface area contributed by atoms with E-state index in [0.29, 0.717) is 19.0 Å². The molecule has 10 heteroatoms. The van der Waals surface area contributed by atoms with E-state index in [0.717, 1.165) is 23.4 Å². The smallest absolute Gasteiger partial charge is 0.277 e. The van der Waals surface area contributed by atoms with Crippen molar-refractivity contribution < 1.29 is 18.3 Å². The number of rotatable bonds is 7. The van der Waals surface area contributed by atoms with E-state index in [9.17, 15) is 9.18 Å². The van der Waals surface area contributed by atoms with Crippen LogP contribution in [0.25, 0.3) is 10.2 Å². The van der Waals surface area contributed by atoms with Gasteiger partial charge < -0.3 is 14.1 Å². The Morgan fingerprint density at radius 2 is 1.97 bits per heavy atom. The molecule has 2 aromatic heterocycles. The second-order valence-electron chi connectivity index (χ2n) is 8.06. The number of halogens is 1. The highest BCUT2D eigenvalue weighted by atomic mass is 32.2. The minimum absolute atomic E-state index is 0.0446. The van der Waals surface area contributed by atoms with Crippen LogP contribution in [0.4, 0.5) is 4.39 Å². The fourth-order valence-corrected chi connectivity index (χ4v) is 5.69. The largest absolute Gasteiger partial charge is 0.478 e. The van der Waals surface area contributed by atoms with Crippen molar-refractivity contribution in [2.75, 3.05) is 18.8 Å². The molecule has 0 bridgehead atoms. The van der Waals surface area contributed by atoms with Gasteiger partial charge in [0.25, 0.3) is 11.1 Å². The molecule has 7 nitrogen and oxygen atoms in total. The molecular weight excluding hydrogens is 475 g/mol. The van der Waals surface area contributed by atoms with Crippen LogP contribution < -0.4 is 4.74 Å². The second kappa shape index (κ2) is 10.1. The third-order valence-corrected chi connectivity index (χ3v) is 7.74. The maximum absolute atomic E-state index is 13.8. The Morgan fingerprint density at radius 1 is 1.21 bits per heavy atom. The molecule has 4 aromatic rings. The molecule has 2 aromatic carbocycles. The van der Waals surface area contributed by atoms with Crippen LogP contribution >= 0.6 is 23.1 Å². The Labute approximate surface area is 204 Å². The molecule has 1 atom stereocenters. The van der Waals surface area contributed by atoms with Crippen LogP contribution in [0.15, 0.2) is 58.2 Å². The van der Waals surface area contributed by atoms with Crippen molar-refractivity contribution in [3.63, 3.8) is 0 Å². The highest BCUT2D eigenvalue weighted by Crippen LogP contribution is 2.34. The number of likely N-dealkylation sites (tertiary alicyclic amines) is 1. The van der Waals surface area contributed by atoms with Crippen LogP contribution in [-0.2, 0) is 4.79 Å². The molecule has 1 amide bonds. The summed E-state index contributed by atoms with van der Waals surface area (Å²) < 4.78 is 26.2. The zero-order chi connectivity index (χ0) is 23.5. The van der Waals surface area contributed by atoms with Crippen molar-refractivity contribution >= 4 is 39.2 Å². The number of thioether (sulfide) groups is 1. The topological polar surface area (TPSA) is 81.4 Å². The summed E-state index contributed by atoms with van der Waals surface area (Å²) in [4.78, 5) is 19.4. The number of carbonyl (C=O) groups excluding carboxylic acids is 1. The number of thiazole rings is 1. The summed E-state index contributed by atoms with van der Waals surface area (Å²) in [5.41, 5.74) is 1.05. The van der Waals surface area contributed by atoms with Gasteiger partial charge in [-0.1, -0.05) is 36.0 Å². The van der Waals surface area contributed by atoms with Crippen molar-refractivity contribution in [1.29, 1.82) is 0 Å². The molecule has 3 heterocycles. The number of hydrogen-bond acceptors (Lipinski definition) is 8. The molecule has 0 aliphatic carbocycles. The van der Waals surface area contributed by atoms with Gasteiger partial charge >= 0.3 is 0 Å². The number of piperidine rings is 1. The van der Waals surface area contributed by atoms with Gasteiger partial charge in [-0.15, -0.1) is 21.5 Å². The Morgan fingerprint density at radius 3 is 2.76 bits per heavy atom. The van der Waals surface area contributed by atoms with Crippen molar-refractivity contribution in [3.05, 3.63) is 65.2 Å². The van der Waals surface area contributed by atoms with Crippen LogP contribution in [0, 0.1) is 5.82 Å². The van der Waals surface area contributed by atoms with Gasteiger partial charge in [0.15, 0.2) is 17.7 Å². The minimum atomic E-state index is -0.615. The third-order valence-electron chi connectivity index (χ3n) is 5.74. The van der Waals surface area contributed by atoms with Crippen molar-refractivity contribution in [3.8, 4) is 5.75 Å². The molecule has 0 radical (unpaired) electrons. The summed E-state index contributed by atoms with van der Waals surface area (Å²) in [5.74, 6) is 0.546. The summed E-state index contributed by atoms with van der Waals surface area (Å²) in [6.45, 7) is 3.13. The second-order valence-corrected chi connectivity index (χ2v) is 10.0. The molecule has 1 aliphatic heterocycles. The zero-order valence-electron chi connectivity index (χ0n) is 18.5. The van der Waals surface area contributed by atoms with Crippen LogP contribution in [0.1, 0.15) is 42.7 Å². The van der Waals surface area contributed by atoms with Gasteiger partial charge in [0.1, 0.15) is 0 Å². The highest BCUT2D eigenvalue weighted by Gasteiger charge is 2.26. The van der Waals surface area contributed by atoms with E-state index >= 15 is 0 Å². The summed E-state index contributed by atoms with van der Waals surface area (Å²) in [6.07, 6.45) is 1.20. The van der Waals surface area contributed by atoms with Gasteiger partial charge in [-0.2, -0.15) is 0 Å². The number of aromatic nitrogens is 3. The average Bonchev–Trinajstić information content (AvgIpc) is 3.51. The quantitative estimate of drug-likeness (QED) is 0.313. The lowest BCUT2D eigenvalue weighted by molar-refractivity contribution is -0.129. The number of carbonyl (C=O) groups is 1. The number of amides is 1. The van der Waals surface area contributed by atoms with E-state index in [1.807, 2.05) is 23.1 Å². The molecule has 0 saturated carbocycles. The Balaban J connectivity index is 1.11. The van der Waals surface area contributed by atoms with Gasteiger partial charge in [0, 0.05) is 19.0 Å². The van der Waals surface area contributed by atoms with Crippen LogP contribution in [0.2, 0.25) is 0 Å². The first-order chi connectivity index (χ1) is 16.6. The molecule has 1 aliphatic rings. The first-order valence-corrected chi connectivity index (χ1v) is 12.9. The molecule has 0 N–H and O–H groups in total. The summed E-state index contributed by atoms with van der Waals surface area (Å²) in [6, 6.07) is 14.3. The minimum Gasteiger partial charge on any atom is -0.478 e. The molecule has 0 unspecified atom stereocenters.